The van der Waals surface area contributed by atoms with Crippen LogP contribution in [0.15, 0.2) is 22.7 Å². The predicted octanol–water partition coefficient (Wildman–Crippen LogP) is 3.28. The lowest BCUT2D eigenvalue weighted by Gasteiger charge is -2.30. The van der Waals surface area contributed by atoms with Gasteiger partial charge in [-0.15, -0.1) is 0 Å². The number of carbonyl (C=O) groups excluding carboxylic acids is 2. The van der Waals surface area contributed by atoms with Crippen LogP contribution in [0.1, 0.15) is 19.8 Å². The number of halogens is 2. The average Bonchev–Trinajstić information content (AvgIpc) is 2.55. The number of likely N-dealkylation sites (tertiary alicyclic amines) is 1. The number of hydrogen-bond acceptors (Lipinski definition) is 4. The van der Waals surface area contributed by atoms with Gasteiger partial charge >= 0.3 is 5.97 Å². The molecule has 126 valence electrons. The van der Waals surface area contributed by atoms with Crippen LogP contribution in [0.3, 0.4) is 0 Å². The van der Waals surface area contributed by atoms with Crippen LogP contribution in [0, 0.1) is 5.92 Å². The second kappa shape index (κ2) is 8.55. The Kier molecular flexibility index (Phi) is 6.72. The number of nitrogens with zero attached hydrogens (tertiary/aromatic N) is 1. The van der Waals surface area contributed by atoms with Gasteiger partial charge in [-0.2, -0.15) is 0 Å². The van der Waals surface area contributed by atoms with Gasteiger partial charge in [-0.25, -0.2) is 0 Å². The number of rotatable bonds is 5. The van der Waals surface area contributed by atoms with Crippen molar-refractivity contribution >= 4 is 39.4 Å². The summed E-state index contributed by atoms with van der Waals surface area (Å²) in [5.41, 5.74) is 0. The Hall–Kier alpha value is -1.27. The Bertz CT molecular complexity index is 573. The standard InChI is InChI=1S/C16H19BrClNO4/c1-2-22-16(21)11-5-7-19(8-6-11)15(20)10-23-14-9-12(17)3-4-13(14)18/h3-4,9,11H,2,5-8,10H2,1H3. The predicted molar refractivity (Wildman–Crippen MR) is 90.6 cm³/mol. The summed E-state index contributed by atoms with van der Waals surface area (Å²) in [5, 5.41) is 0.460. The summed E-state index contributed by atoms with van der Waals surface area (Å²) in [6, 6.07) is 5.23. The quantitative estimate of drug-likeness (QED) is 0.707. The summed E-state index contributed by atoms with van der Waals surface area (Å²) < 4.78 is 11.4. The summed E-state index contributed by atoms with van der Waals surface area (Å²) in [6.45, 7) is 3.19. The highest BCUT2D eigenvalue weighted by Crippen LogP contribution is 2.28. The van der Waals surface area contributed by atoms with Crippen LogP contribution >= 0.6 is 27.5 Å². The first-order chi connectivity index (χ1) is 11.0. The highest BCUT2D eigenvalue weighted by Gasteiger charge is 2.28. The first-order valence-corrected chi connectivity index (χ1v) is 8.70. The minimum Gasteiger partial charge on any atom is -0.482 e. The largest absolute Gasteiger partial charge is 0.482 e. The molecule has 1 amide bonds. The Balaban J connectivity index is 1.81. The minimum absolute atomic E-state index is 0.0692. The maximum absolute atomic E-state index is 12.2. The zero-order valence-corrected chi connectivity index (χ0v) is 15.2. The van der Waals surface area contributed by atoms with E-state index >= 15 is 0 Å². The zero-order valence-electron chi connectivity index (χ0n) is 12.9. The lowest BCUT2D eigenvalue weighted by atomic mass is 9.97. The summed E-state index contributed by atoms with van der Waals surface area (Å²) in [6.07, 6.45) is 1.25. The van der Waals surface area contributed by atoms with Gasteiger partial charge in [0.1, 0.15) is 5.75 Å². The summed E-state index contributed by atoms with van der Waals surface area (Å²) in [5.74, 6) is 0.0790. The molecule has 0 N–H and O–H groups in total. The van der Waals surface area contributed by atoms with E-state index in [-0.39, 0.29) is 24.4 Å². The van der Waals surface area contributed by atoms with Crippen LogP contribution in [0.25, 0.3) is 0 Å². The van der Waals surface area contributed by atoms with Gasteiger partial charge in [0.05, 0.1) is 17.5 Å². The molecular formula is C16H19BrClNO4. The second-order valence-corrected chi connectivity index (χ2v) is 6.59. The second-order valence-electron chi connectivity index (χ2n) is 5.27. The average molecular weight is 405 g/mol. The van der Waals surface area contributed by atoms with Crippen molar-refractivity contribution in [2.45, 2.75) is 19.8 Å². The summed E-state index contributed by atoms with van der Waals surface area (Å²) in [7, 11) is 0. The number of benzene rings is 1. The van der Waals surface area contributed by atoms with Crippen LogP contribution in [-0.4, -0.2) is 43.1 Å². The lowest BCUT2D eigenvalue weighted by Crippen LogP contribution is -2.42. The number of amides is 1. The maximum Gasteiger partial charge on any atom is 0.309 e. The molecule has 1 aromatic rings. The van der Waals surface area contributed by atoms with Crippen molar-refractivity contribution < 1.29 is 19.1 Å². The number of carbonyl (C=O) groups is 2. The van der Waals surface area contributed by atoms with E-state index in [9.17, 15) is 9.59 Å². The van der Waals surface area contributed by atoms with Gasteiger partial charge in [0.25, 0.3) is 5.91 Å². The molecule has 5 nitrogen and oxygen atoms in total. The molecule has 1 aromatic carbocycles. The first kappa shape index (κ1) is 18.1. The summed E-state index contributed by atoms with van der Waals surface area (Å²) >= 11 is 9.36. The van der Waals surface area contributed by atoms with Crippen molar-refractivity contribution in [3.05, 3.63) is 27.7 Å². The molecule has 0 bridgehead atoms. The molecule has 0 aliphatic carbocycles. The van der Waals surface area contributed by atoms with Crippen molar-refractivity contribution in [2.75, 3.05) is 26.3 Å². The van der Waals surface area contributed by atoms with Gasteiger partial charge in [0.15, 0.2) is 6.61 Å². The fraction of sp³-hybridized carbons (Fsp3) is 0.500. The van der Waals surface area contributed by atoms with Gasteiger partial charge in [-0.1, -0.05) is 27.5 Å². The van der Waals surface area contributed by atoms with Crippen molar-refractivity contribution in [2.24, 2.45) is 5.92 Å². The Labute approximate surface area is 149 Å². The first-order valence-electron chi connectivity index (χ1n) is 7.53. The van der Waals surface area contributed by atoms with E-state index in [1.165, 1.54) is 0 Å². The van der Waals surface area contributed by atoms with Crippen LogP contribution < -0.4 is 4.74 Å². The van der Waals surface area contributed by atoms with Crippen LogP contribution in [0.4, 0.5) is 0 Å². The highest BCUT2D eigenvalue weighted by molar-refractivity contribution is 9.10. The Morgan fingerprint density at radius 1 is 1.35 bits per heavy atom. The zero-order chi connectivity index (χ0) is 16.8. The molecular weight excluding hydrogens is 386 g/mol. The number of piperidine rings is 1. The van der Waals surface area contributed by atoms with E-state index in [2.05, 4.69) is 15.9 Å². The number of esters is 1. The lowest BCUT2D eigenvalue weighted by molar-refractivity contribution is -0.151. The van der Waals surface area contributed by atoms with Crippen LogP contribution in [0.5, 0.6) is 5.75 Å². The Morgan fingerprint density at radius 2 is 2.04 bits per heavy atom. The van der Waals surface area contributed by atoms with E-state index in [0.29, 0.717) is 43.3 Å². The topological polar surface area (TPSA) is 55.8 Å². The molecule has 23 heavy (non-hydrogen) atoms. The van der Waals surface area contributed by atoms with Gasteiger partial charge in [0.2, 0.25) is 0 Å². The third kappa shape index (κ3) is 5.11. The summed E-state index contributed by atoms with van der Waals surface area (Å²) in [4.78, 5) is 25.6. The molecule has 0 atom stereocenters. The van der Waals surface area contributed by atoms with Crippen LogP contribution in [-0.2, 0) is 14.3 Å². The molecule has 1 fully saturated rings. The number of ether oxygens (including phenoxy) is 2. The third-order valence-electron chi connectivity index (χ3n) is 3.71. The van der Waals surface area contributed by atoms with E-state index in [1.807, 2.05) is 0 Å². The molecule has 0 saturated carbocycles. The van der Waals surface area contributed by atoms with Gasteiger partial charge in [0, 0.05) is 17.6 Å². The van der Waals surface area contributed by atoms with E-state index in [1.54, 1.807) is 30.0 Å². The molecule has 2 rings (SSSR count). The molecule has 0 radical (unpaired) electrons. The normalized spacial score (nSPS) is 15.3. The monoisotopic (exact) mass is 403 g/mol. The molecule has 1 aliphatic rings. The molecule has 0 unspecified atom stereocenters. The molecule has 1 aliphatic heterocycles. The fourth-order valence-corrected chi connectivity index (χ4v) is 2.96. The van der Waals surface area contributed by atoms with Gasteiger partial charge in [-0.05, 0) is 38.0 Å². The SMILES string of the molecule is CCOC(=O)C1CCN(C(=O)COc2cc(Br)ccc2Cl)CC1. The van der Waals surface area contributed by atoms with Crippen LogP contribution in [0.2, 0.25) is 5.02 Å². The molecule has 7 heteroatoms. The van der Waals surface area contributed by atoms with Crippen molar-refractivity contribution in [1.82, 2.24) is 4.90 Å². The smallest absolute Gasteiger partial charge is 0.309 e. The maximum atomic E-state index is 12.2. The number of hydrogen-bond donors (Lipinski definition) is 0. The van der Waals surface area contributed by atoms with Gasteiger partial charge in [-0.3, -0.25) is 9.59 Å². The minimum atomic E-state index is -0.170. The van der Waals surface area contributed by atoms with Gasteiger partial charge < -0.3 is 14.4 Å². The Morgan fingerprint density at radius 3 is 2.70 bits per heavy atom. The molecule has 1 heterocycles. The van der Waals surface area contributed by atoms with E-state index < -0.39 is 0 Å². The molecule has 0 aromatic heterocycles. The third-order valence-corrected chi connectivity index (χ3v) is 4.52. The van der Waals surface area contributed by atoms with Crippen molar-refractivity contribution in [1.29, 1.82) is 0 Å². The van der Waals surface area contributed by atoms with E-state index in [4.69, 9.17) is 21.1 Å². The van der Waals surface area contributed by atoms with Crippen molar-refractivity contribution in [3.8, 4) is 5.75 Å². The highest BCUT2D eigenvalue weighted by atomic mass is 79.9. The molecule has 0 spiro atoms. The fourth-order valence-electron chi connectivity index (χ4n) is 2.44. The van der Waals surface area contributed by atoms with Crippen molar-refractivity contribution in [3.63, 3.8) is 0 Å². The van der Waals surface area contributed by atoms with E-state index in [0.717, 1.165) is 4.47 Å². The molecule has 1 saturated heterocycles.